The zero-order chi connectivity index (χ0) is 33.1. The number of nitrogens with zero attached hydrogens (tertiary/aromatic N) is 1. The summed E-state index contributed by atoms with van der Waals surface area (Å²) in [4.78, 5) is 37.7. The molecule has 0 spiro atoms. The number of carbonyl (C=O) groups is 3. The summed E-state index contributed by atoms with van der Waals surface area (Å²) >= 11 is 0. The van der Waals surface area contributed by atoms with Crippen LogP contribution in [0.15, 0.2) is 60.8 Å². The number of nitrogens with one attached hydrogen (secondary N) is 1. The van der Waals surface area contributed by atoms with E-state index >= 15 is 0 Å². The highest BCUT2D eigenvalue weighted by Gasteiger charge is 2.44. The lowest BCUT2D eigenvalue weighted by Crippen LogP contribution is -2.50. The van der Waals surface area contributed by atoms with Gasteiger partial charge in [0.1, 0.15) is 17.0 Å². The first-order valence-electron chi connectivity index (χ1n) is 11.7. The van der Waals surface area contributed by atoms with Gasteiger partial charge in [0.05, 0.1) is 6.61 Å². The van der Waals surface area contributed by atoms with Crippen molar-refractivity contribution in [1.29, 1.82) is 0 Å². The molecule has 0 radical (unpaired) electrons. The topological polar surface area (TPSA) is 115 Å². The maximum Gasteiger partial charge on any atom is 0.573 e. The first kappa shape index (κ1) is 33.6. The molecule has 8 nitrogen and oxygen atoms in total. The van der Waals surface area contributed by atoms with Crippen molar-refractivity contribution in [2.24, 2.45) is 0 Å². The van der Waals surface area contributed by atoms with E-state index in [2.05, 4.69) is 15.0 Å². The quantitative estimate of drug-likeness (QED) is 0.261. The Bertz CT molecular complexity index is 1540. The van der Waals surface area contributed by atoms with Crippen LogP contribution in [0.5, 0.6) is 11.5 Å². The molecule has 1 aliphatic rings. The minimum Gasteiger partial charge on any atom is -0.491 e. The predicted molar refractivity (Wildman–Crippen MR) is 126 cm³/mol. The van der Waals surface area contributed by atoms with Crippen molar-refractivity contribution >= 4 is 17.7 Å². The van der Waals surface area contributed by atoms with Crippen LogP contribution in [0.4, 0.5) is 43.9 Å². The van der Waals surface area contributed by atoms with Crippen molar-refractivity contribution in [2.75, 3.05) is 6.61 Å². The molecule has 4 rings (SSSR count). The molecule has 1 aromatic heterocycles. The van der Waals surface area contributed by atoms with E-state index in [1.54, 1.807) is 0 Å². The second kappa shape index (κ2) is 12.4. The summed E-state index contributed by atoms with van der Waals surface area (Å²) in [6.45, 7) is 0.000414. The molecule has 1 aliphatic heterocycles. The number of Topliss-reactive ketones (excluding diaryl/α,β-unsaturated/α-hetero) is 1. The highest BCUT2D eigenvalue weighted by Crippen LogP contribution is 2.42. The number of aromatic nitrogens is 1. The Kier molecular flexibility index (Phi) is 9.45. The van der Waals surface area contributed by atoms with Crippen LogP contribution in [0.25, 0.3) is 0 Å². The van der Waals surface area contributed by atoms with Gasteiger partial charge in [0.15, 0.2) is 11.6 Å². The van der Waals surface area contributed by atoms with Crippen molar-refractivity contribution < 1.29 is 72.9 Å². The van der Waals surface area contributed by atoms with Gasteiger partial charge in [0.25, 0.3) is 11.7 Å². The second-order valence-electron chi connectivity index (χ2n) is 8.71. The number of carboxylic acids is 1. The lowest BCUT2D eigenvalue weighted by atomic mass is 9.81. The van der Waals surface area contributed by atoms with Gasteiger partial charge in [0.2, 0.25) is 0 Å². The molecule has 236 valence electrons. The van der Waals surface area contributed by atoms with Crippen LogP contribution >= 0.6 is 0 Å². The number of carboxylic acid groups (broad SMARTS) is 1. The third-order valence-electron chi connectivity index (χ3n) is 5.80. The molecule has 44 heavy (non-hydrogen) atoms. The average molecular weight is 642 g/mol. The molecule has 2 N–H and O–H groups in total. The lowest BCUT2D eigenvalue weighted by molar-refractivity contribution is -0.275. The number of amides is 1. The van der Waals surface area contributed by atoms with E-state index in [1.165, 1.54) is 18.3 Å². The molecule has 0 bridgehead atoms. The molecule has 0 fully saturated rings. The Hall–Kier alpha value is -4.90. The maximum absolute atomic E-state index is 14.6. The molecular formula is C26H16F10N2O6. The summed E-state index contributed by atoms with van der Waals surface area (Å²) in [6, 6.07) is 9.36. The van der Waals surface area contributed by atoms with Crippen LogP contribution in [-0.4, -0.2) is 53.1 Å². The van der Waals surface area contributed by atoms with Gasteiger partial charge in [-0.25, -0.2) is 9.18 Å². The normalized spacial score (nSPS) is 16.4. The number of halogens is 10. The van der Waals surface area contributed by atoms with Gasteiger partial charge in [-0.05, 0) is 42.0 Å². The molecule has 0 unspecified atom stereocenters. The number of fused-ring (bicyclic) bond motifs is 1. The zero-order valence-electron chi connectivity index (χ0n) is 21.4. The van der Waals surface area contributed by atoms with Crippen molar-refractivity contribution in [2.45, 2.75) is 30.7 Å². The van der Waals surface area contributed by atoms with E-state index in [1.807, 2.05) is 0 Å². The van der Waals surface area contributed by atoms with Crippen LogP contribution in [0.2, 0.25) is 0 Å². The zero-order valence-corrected chi connectivity index (χ0v) is 21.4. The number of alkyl halides is 9. The molecule has 2 aromatic carbocycles. The smallest absolute Gasteiger partial charge is 0.491 e. The Labute approximate surface area is 239 Å². The van der Waals surface area contributed by atoms with Gasteiger partial charge in [-0.2, -0.15) is 26.3 Å². The predicted octanol–water partition coefficient (Wildman–Crippen LogP) is 5.95. The molecule has 18 heteroatoms. The van der Waals surface area contributed by atoms with Gasteiger partial charge in [0, 0.05) is 23.7 Å². The summed E-state index contributed by atoms with van der Waals surface area (Å²) in [5, 5.41) is 9.80. The van der Waals surface area contributed by atoms with Crippen LogP contribution in [-0.2, 0) is 10.3 Å². The van der Waals surface area contributed by atoms with E-state index in [0.717, 1.165) is 42.5 Å². The standard InChI is InChI=1S/C24H15F7N2O4.C2HF3O2/c25-16-12-15(7-8-17(16)37-24(29,30)31)22(9-11-36-18-2-1-10-32-19(18)22)33-21(35)14-5-3-13(4-6-14)20(34)23(26,27)28;3-2(4,5)1(6)7/h1-8,10,12H,9,11H2,(H,33,35);(H,6,7)/t22-;/m0./s1. The molecule has 0 aliphatic carbocycles. The number of benzene rings is 2. The first-order valence-corrected chi connectivity index (χ1v) is 11.7. The van der Waals surface area contributed by atoms with Crippen LogP contribution < -0.4 is 14.8 Å². The number of ether oxygens (including phenoxy) is 2. The Morgan fingerprint density at radius 1 is 0.886 bits per heavy atom. The second-order valence-corrected chi connectivity index (χ2v) is 8.71. The molecule has 0 saturated carbocycles. The van der Waals surface area contributed by atoms with Gasteiger partial charge < -0.3 is 19.9 Å². The number of pyridine rings is 1. The largest absolute Gasteiger partial charge is 0.573 e. The fourth-order valence-corrected chi connectivity index (χ4v) is 3.91. The molecule has 1 atom stereocenters. The van der Waals surface area contributed by atoms with Crippen molar-refractivity contribution in [3.05, 3.63) is 89.0 Å². The Morgan fingerprint density at radius 2 is 1.48 bits per heavy atom. The number of rotatable bonds is 5. The Morgan fingerprint density at radius 3 is 2.00 bits per heavy atom. The highest BCUT2D eigenvalue weighted by atomic mass is 19.4. The number of aliphatic carboxylic acids is 1. The average Bonchev–Trinajstić information content (AvgIpc) is 2.92. The summed E-state index contributed by atoms with van der Waals surface area (Å²) in [5.74, 6) is -7.90. The number of carbonyl (C=O) groups excluding carboxylic acids is 2. The SMILES string of the molecule is O=C(N[C@]1(c2ccc(OC(F)(F)F)c(F)c2)CCOc2cccnc21)c1ccc(C(=O)C(F)(F)F)cc1.O=C(O)C(F)(F)F. The van der Waals surface area contributed by atoms with Crippen LogP contribution in [0.1, 0.15) is 38.4 Å². The molecule has 1 amide bonds. The third-order valence-corrected chi connectivity index (χ3v) is 5.80. The van der Waals surface area contributed by atoms with Crippen LogP contribution in [0.3, 0.4) is 0 Å². The fourth-order valence-electron chi connectivity index (χ4n) is 3.91. The van der Waals surface area contributed by atoms with E-state index in [4.69, 9.17) is 14.6 Å². The summed E-state index contributed by atoms with van der Waals surface area (Å²) in [5.41, 5.74) is -2.27. The van der Waals surface area contributed by atoms with Crippen molar-refractivity contribution in [1.82, 2.24) is 10.3 Å². The minimum atomic E-state index is -5.14. The van der Waals surface area contributed by atoms with Gasteiger partial charge in [-0.1, -0.05) is 18.2 Å². The minimum absolute atomic E-state index is 0.000414. The first-order chi connectivity index (χ1) is 20.2. The highest BCUT2D eigenvalue weighted by molar-refractivity contribution is 6.01. The van der Waals surface area contributed by atoms with E-state index in [-0.39, 0.29) is 35.6 Å². The number of hydrogen-bond acceptors (Lipinski definition) is 6. The number of ketones is 1. The maximum atomic E-state index is 14.6. The summed E-state index contributed by atoms with van der Waals surface area (Å²) in [6.07, 6.45) is -14.0. The third kappa shape index (κ3) is 7.93. The van der Waals surface area contributed by atoms with Crippen molar-refractivity contribution in [3.63, 3.8) is 0 Å². The van der Waals surface area contributed by atoms with E-state index < -0.39 is 59.0 Å². The molecule has 3 aromatic rings. The van der Waals surface area contributed by atoms with E-state index in [9.17, 15) is 53.5 Å². The number of hydrogen-bond donors (Lipinski definition) is 2. The van der Waals surface area contributed by atoms with Crippen LogP contribution in [0, 0.1) is 5.82 Å². The summed E-state index contributed by atoms with van der Waals surface area (Å²) < 4.78 is 131. The van der Waals surface area contributed by atoms with Gasteiger partial charge >= 0.3 is 24.7 Å². The Balaban J connectivity index is 0.000000676. The lowest BCUT2D eigenvalue weighted by Gasteiger charge is -2.39. The van der Waals surface area contributed by atoms with Gasteiger partial charge in [-0.3, -0.25) is 14.6 Å². The molecule has 0 saturated heterocycles. The van der Waals surface area contributed by atoms with Gasteiger partial charge in [-0.15, -0.1) is 13.2 Å². The van der Waals surface area contributed by atoms with E-state index in [0.29, 0.717) is 0 Å². The monoisotopic (exact) mass is 642 g/mol. The molecule has 2 heterocycles. The fraction of sp³-hybridized carbons (Fsp3) is 0.231. The molecular weight excluding hydrogens is 626 g/mol. The van der Waals surface area contributed by atoms with Crippen molar-refractivity contribution in [3.8, 4) is 11.5 Å². The summed E-state index contributed by atoms with van der Waals surface area (Å²) in [7, 11) is 0.